The molecule has 2 heterocycles. The second-order valence-electron chi connectivity index (χ2n) is 5.09. The van der Waals surface area contributed by atoms with Crippen LogP contribution in [0.3, 0.4) is 0 Å². The van der Waals surface area contributed by atoms with Crippen LogP contribution in [0.25, 0.3) is 32.9 Å². The van der Waals surface area contributed by atoms with E-state index in [1.54, 1.807) is 6.20 Å². The van der Waals surface area contributed by atoms with E-state index in [4.69, 9.17) is 11.6 Å². The van der Waals surface area contributed by atoms with Crippen molar-refractivity contribution in [3.05, 3.63) is 76.2 Å². The summed E-state index contributed by atoms with van der Waals surface area (Å²) in [5, 5.41) is 3.16. The average molecular weight is 307 g/mol. The van der Waals surface area contributed by atoms with Crippen LogP contribution in [0, 0.1) is 0 Å². The fourth-order valence-electron chi connectivity index (χ4n) is 2.80. The van der Waals surface area contributed by atoms with E-state index in [1.165, 1.54) is 0 Å². The fraction of sp³-hybridized carbons (Fsp3) is 0. The van der Waals surface area contributed by atoms with Crippen molar-refractivity contribution >= 4 is 33.4 Å². The van der Waals surface area contributed by atoms with Crippen LogP contribution in [0.5, 0.6) is 0 Å². The first-order valence-electron chi connectivity index (χ1n) is 6.90. The minimum atomic E-state index is -0.126. The second kappa shape index (κ2) is 4.97. The van der Waals surface area contributed by atoms with Gasteiger partial charge in [0.15, 0.2) is 0 Å². The molecule has 0 radical (unpaired) electrons. The molecule has 0 fully saturated rings. The van der Waals surface area contributed by atoms with Crippen LogP contribution in [0.2, 0.25) is 5.02 Å². The molecule has 22 heavy (non-hydrogen) atoms. The van der Waals surface area contributed by atoms with Gasteiger partial charge < -0.3 is 4.98 Å². The highest BCUT2D eigenvalue weighted by Crippen LogP contribution is 2.32. The number of aromatic nitrogens is 2. The first kappa shape index (κ1) is 13.0. The van der Waals surface area contributed by atoms with Gasteiger partial charge in [-0.05, 0) is 40.8 Å². The zero-order chi connectivity index (χ0) is 15.1. The maximum atomic E-state index is 12.2. The van der Waals surface area contributed by atoms with Gasteiger partial charge in [-0.3, -0.25) is 4.79 Å². The Balaban J connectivity index is 2.21. The third kappa shape index (κ3) is 1.98. The molecule has 106 valence electrons. The number of hydrogen-bond donors (Lipinski definition) is 1. The molecule has 4 heteroatoms. The van der Waals surface area contributed by atoms with E-state index in [1.807, 2.05) is 54.6 Å². The SMILES string of the molecule is O=c1[nH]c2nccc(-c3cccc(Cl)c3)c2c2ccccc12. The fourth-order valence-corrected chi connectivity index (χ4v) is 2.99. The Morgan fingerprint density at radius 1 is 0.955 bits per heavy atom. The molecule has 0 bridgehead atoms. The minimum Gasteiger partial charge on any atom is -0.306 e. The molecule has 0 atom stereocenters. The van der Waals surface area contributed by atoms with Crippen LogP contribution in [0.1, 0.15) is 0 Å². The highest BCUT2D eigenvalue weighted by molar-refractivity contribution is 6.31. The van der Waals surface area contributed by atoms with Crippen LogP contribution in [0.15, 0.2) is 65.6 Å². The van der Waals surface area contributed by atoms with E-state index in [2.05, 4.69) is 9.97 Å². The van der Waals surface area contributed by atoms with Gasteiger partial charge >= 0.3 is 0 Å². The van der Waals surface area contributed by atoms with Crippen molar-refractivity contribution in [1.29, 1.82) is 0 Å². The Morgan fingerprint density at radius 2 is 1.77 bits per heavy atom. The maximum absolute atomic E-state index is 12.2. The first-order chi connectivity index (χ1) is 10.7. The lowest BCUT2D eigenvalue weighted by Gasteiger charge is -2.09. The van der Waals surface area contributed by atoms with Crippen molar-refractivity contribution in [3.8, 4) is 11.1 Å². The van der Waals surface area contributed by atoms with E-state index in [-0.39, 0.29) is 5.56 Å². The Kier molecular flexibility index (Phi) is 2.94. The molecule has 0 saturated heterocycles. The molecule has 0 amide bonds. The molecule has 1 N–H and O–H groups in total. The van der Waals surface area contributed by atoms with Gasteiger partial charge in [0.1, 0.15) is 5.65 Å². The molecular formula is C18H11ClN2O. The molecule has 2 aromatic carbocycles. The highest BCUT2D eigenvalue weighted by Gasteiger charge is 2.11. The van der Waals surface area contributed by atoms with Gasteiger partial charge in [0.25, 0.3) is 5.56 Å². The molecule has 2 aromatic heterocycles. The highest BCUT2D eigenvalue weighted by atomic mass is 35.5. The summed E-state index contributed by atoms with van der Waals surface area (Å²) in [7, 11) is 0. The summed E-state index contributed by atoms with van der Waals surface area (Å²) < 4.78 is 0. The van der Waals surface area contributed by atoms with Gasteiger partial charge in [-0.15, -0.1) is 0 Å². The topological polar surface area (TPSA) is 45.8 Å². The lowest BCUT2D eigenvalue weighted by atomic mass is 9.99. The van der Waals surface area contributed by atoms with Crippen molar-refractivity contribution in [2.45, 2.75) is 0 Å². The number of rotatable bonds is 1. The zero-order valence-corrected chi connectivity index (χ0v) is 12.3. The smallest absolute Gasteiger partial charge is 0.257 e. The van der Waals surface area contributed by atoms with Crippen molar-refractivity contribution in [1.82, 2.24) is 9.97 Å². The van der Waals surface area contributed by atoms with Gasteiger partial charge in [-0.2, -0.15) is 0 Å². The Labute approximate surface area is 131 Å². The second-order valence-corrected chi connectivity index (χ2v) is 5.53. The molecule has 0 aliphatic rings. The Bertz CT molecular complexity index is 1070. The zero-order valence-electron chi connectivity index (χ0n) is 11.5. The number of H-pyrrole nitrogens is 1. The van der Waals surface area contributed by atoms with Gasteiger partial charge in [0.2, 0.25) is 0 Å². The largest absolute Gasteiger partial charge is 0.306 e. The molecule has 0 spiro atoms. The van der Waals surface area contributed by atoms with Crippen molar-refractivity contribution < 1.29 is 0 Å². The van der Waals surface area contributed by atoms with E-state index in [0.717, 1.165) is 21.9 Å². The third-order valence-electron chi connectivity index (χ3n) is 3.76. The average Bonchev–Trinajstić information content (AvgIpc) is 2.54. The predicted octanol–water partition coefficient (Wildman–Crippen LogP) is 4.40. The summed E-state index contributed by atoms with van der Waals surface area (Å²) in [6.45, 7) is 0. The van der Waals surface area contributed by atoms with Crippen LogP contribution >= 0.6 is 11.6 Å². The van der Waals surface area contributed by atoms with Crippen molar-refractivity contribution in [2.75, 3.05) is 0 Å². The van der Waals surface area contributed by atoms with Crippen molar-refractivity contribution in [3.63, 3.8) is 0 Å². The van der Waals surface area contributed by atoms with Crippen LogP contribution in [-0.4, -0.2) is 9.97 Å². The molecule has 4 rings (SSSR count). The van der Waals surface area contributed by atoms with E-state index < -0.39 is 0 Å². The quantitative estimate of drug-likeness (QED) is 0.530. The monoisotopic (exact) mass is 306 g/mol. The molecule has 4 aromatic rings. The summed E-state index contributed by atoms with van der Waals surface area (Å²) in [5.41, 5.74) is 2.46. The number of benzene rings is 2. The normalized spacial score (nSPS) is 11.1. The Hall–Kier alpha value is -2.65. The predicted molar refractivity (Wildman–Crippen MR) is 90.3 cm³/mol. The summed E-state index contributed by atoms with van der Waals surface area (Å²) in [4.78, 5) is 19.3. The molecule has 3 nitrogen and oxygen atoms in total. The number of aromatic amines is 1. The van der Waals surface area contributed by atoms with Crippen LogP contribution in [-0.2, 0) is 0 Å². The summed E-state index contributed by atoms with van der Waals surface area (Å²) >= 11 is 6.12. The molecule has 0 unspecified atom stereocenters. The van der Waals surface area contributed by atoms with Gasteiger partial charge in [-0.1, -0.05) is 41.9 Å². The number of nitrogens with zero attached hydrogens (tertiary/aromatic N) is 1. The van der Waals surface area contributed by atoms with E-state index in [0.29, 0.717) is 16.1 Å². The van der Waals surface area contributed by atoms with E-state index >= 15 is 0 Å². The molecular weight excluding hydrogens is 296 g/mol. The third-order valence-corrected chi connectivity index (χ3v) is 3.99. The van der Waals surface area contributed by atoms with E-state index in [9.17, 15) is 4.79 Å². The maximum Gasteiger partial charge on any atom is 0.257 e. The number of halogens is 1. The van der Waals surface area contributed by atoms with Gasteiger partial charge in [0, 0.05) is 22.0 Å². The summed E-state index contributed by atoms with van der Waals surface area (Å²) in [5.74, 6) is 0. The summed E-state index contributed by atoms with van der Waals surface area (Å²) in [6, 6.07) is 17.2. The minimum absolute atomic E-state index is 0.126. The van der Waals surface area contributed by atoms with Crippen LogP contribution in [0.4, 0.5) is 0 Å². The van der Waals surface area contributed by atoms with Gasteiger partial charge in [0.05, 0.1) is 0 Å². The van der Waals surface area contributed by atoms with Crippen LogP contribution < -0.4 is 5.56 Å². The number of pyridine rings is 2. The Morgan fingerprint density at radius 3 is 2.59 bits per heavy atom. The molecule has 0 aliphatic carbocycles. The first-order valence-corrected chi connectivity index (χ1v) is 7.27. The lowest BCUT2D eigenvalue weighted by molar-refractivity contribution is 1.26. The summed E-state index contributed by atoms with van der Waals surface area (Å²) in [6.07, 6.45) is 1.70. The number of nitrogens with one attached hydrogen (secondary N) is 1. The van der Waals surface area contributed by atoms with Gasteiger partial charge in [-0.25, -0.2) is 4.98 Å². The molecule has 0 saturated carbocycles. The number of fused-ring (bicyclic) bond motifs is 3. The number of hydrogen-bond acceptors (Lipinski definition) is 2. The van der Waals surface area contributed by atoms with Crippen molar-refractivity contribution in [2.24, 2.45) is 0 Å². The molecule has 0 aliphatic heterocycles. The lowest BCUT2D eigenvalue weighted by Crippen LogP contribution is -2.07. The standard InChI is InChI=1S/C18H11ClN2O/c19-12-5-3-4-11(10-12)13-8-9-20-17-16(13)14-6-1-2-7-15(14)18(22)21-17/h1-10H,(H,20,21,22).